The van der Waals surface area contributed by atoms with E-state index in [1.165, 1.54) is 12.1 Å². The van der Waals surface area contributed by atoms with Gasteiger partial charge in [0.15, 0.2) is 17.3 Å². The van der Waals surface area contributed by atoms with E-state index in [4.69, 9.17) is 9.84 Å². The first kappa shape index (κ1) is 13.2. The molecule has 5 heteroatoms. The van der Waals surface area contributed by atoms with Crippen molar-refractivity contribution in [1.82, 2.24) is 0 Å². The van der Waals surface area contributed by atoms with E-state index in [9.17, 15) is 14.0 Å². The standard InChI is InChI=1S/C12H13FO4/c1-2-17-11-5-3-8(7-9(11)13)10(14)4-6-12(15)16/h3,5,7H,2,4,6H2,1H3,(H,15,16). The van der Waals surface area contributed by atoms with Gasteiger partial charge < -0.3 is 9.84 Å². The molecule has 1 N–H and O–H groups in total. The third-order valence-electron chi connectivity index (χ3n) is 2.12. The van der Waals surface area contributed by atoms with Gasteiger partial charge in [-0.25, -0.2) is 4.39 Å². The molecule has 1 rings (SSSR count). The minimum Gasteiger partial charge on any atom is -0.491 e. The van der Waals surface area contributed by atoms with Crippen molar-refractivity contribution in [3.63, 3.8) is 0 Å². The average molecular weight is 240 g/mol. The first-order valence-electron chi connectivity index (χ1n) is 5.22. The highest BCUT2D eigenvalue weighted by atomic mass is 19.1. The fourth-order valence-corrected chi connectivity index (χ4v) is 1.31. The van der Waals surface area contributed by atoms with Crippen LogP contribution in [0.2, 0.25) is 0 Å². The molecule has 0 spiro atoms. The van der Waals surface area contributed by atoms with Crippen molar-refractivity contribution in [1.29, 1.82) is 0 Å². The Morgan fingerprint density at radius 1 is 1.35 bits per heavy atom. The maximum Gasteiger partial charge on any atom is 0.303 e. The summed E-state index contributed by atoms with van der Waals surface area (Å²) in [7, 11) is 0. The van der Waals surface area contributed by atoms with Gasteiger partial charge in [0.25, 0.3) is 0 Å². The number of Topliss-reactive ketones (excluding diaryl/α,β-unsaturated/α-hetero) is 1. The predicted molar refractivity (Wildman–Crippen MR) is 58.8 cm³/mol. The van der Waals surface area contributed by atoms with Crippen LogP contribution < -0.4 is 4.74 Å². The summed E-state index contributed by atoms with van der Waals surface area (Å²) in [6.07, 6.45) is -0.392. The highest BCUT2D eigenvalue weighted by Gasteiger charge is 2.11. The summed E-state index contributed by atoms with van der Waals surface area (Å²) < 4.78 is 18.4. The maximum absolute atomic E-state index is 13.4. The summed E-state index contributed by atoms with van der Waals surface area (Å²) in [5.74, 6) is -1.98. The molecule has 4 nitrogen and oxygen atoms in total. The molecule has 0 aliphatic carbocycles. The first-order chi connectivity index (χ1) is 8.04. The van der Waals surface area contributed by atoms with Gasteiger partial charge in [0, 0.05) is 12.0 Å². The Morgan fingerprint density at radius 3 is 2.59 bits per heavy atom. The number of carbonyl (C=O) groups excluding carboxylic acids is 1. The lowest BCUT2D eigenvalue weighted by atomic mass is 10.1. The number of carboxylic acids is 1. The molecule has 1 aromatic carbocycles. The normalized spacial score (nSPS) is 10.0. The summed E-state index contributed by atoms with van der Waals surface area (Å²) in [6.45, 7) is 2.06. The van der Waals surface area contributed by atoms with Crippen LogP contribution in [0.4, 0.5) is 4.39 Å². The van der Waals surface area contributed by atoms with Crippen molar-refractivity contribution in [3.8, 4) is 5.75 Å². The quantitative estimate of drug-likeness (QED) is 0.775. The lowest BCUT2D eigenvalue weighted by molar-refractivity contribution is -0.136. The second kappa shape index (κ2) is 5.98. The maximum atomic E-state index is 13.4. The zero-order valence-corrected chi connectivity index (χ0v) is 9.40. The van der Waals surface area contributed by atoms with E-state index in [1.807, 2.05) is 0 Å². The third-order valence-corrected chi connectivity index (χ3v) is 2.12. The first-order valence-corrected chi connectivity index (χ1v) is 5.22. The summed E-state index contributed by atoms with van der Waals surface area (Å²) >= 11 is 0. The number of rotatable bonds is 6. The minimum absolute atomic E-state index is 0.0854. The Balaban J connectivity index is 2.75. The number of ketones is 1. The van der Waals surface area contributed by atoms with Gasteiger partial charge in [0.05, 0.1) is 13.0 Å². The molecule has 17 heavy (non-hydrogen) atoms. The topological polar surface area (TPSA) is 63.6 Å². The van der Waals surface area contributed by atoms with Crippen molar-refractivity contribution in [2.45, 2.75) is 19.8 Å². The molecule has 0 atom stereocenters. The molecular weight excluding hydrogens is 227 g/mol. The summed E-state index contributed by atoms with van der Waals surface area (Å²) in [5.41, 5.74) is 0.159. The van der Waals surface area contributed by atoms with E-state index in [0.717, 1.165) is 6.07 Å². The zero-order chi connectivity index (χ0) is 12.8. The fraction of sp³-hybridized carbons (Fsp3) is 0.333. The fourth-order valence-electron chi connectivity index (χ4n) is 1.31. The number of hydrogen-bond donors (Lipinski definition) is 1. The molecule has 0 aromatic heterocycles. The molecule has 0 radical (unpaired) electrons. The second-order valence-electron chi connectivity index (χ2n) is 3.40. The number of carbonyl (C=O) groups is 2. The van der Waals surface area contributed by atoms with Crippen LogP contribution >= 0.6 is 0 Å². The molecule has 0 fully saturated rings. The monoisotopic (exact) mass is 240 g/mol. The van der Waals surface area contributed by atoms with Gasteiger partial charge in [0.1, 0.15) is 0 Å². The van der Waals surface area contributed by atoms with Crippen molar-refractivity contribution < 1.29 is 23.8 Å². The van der Waals surface area contributed by atoms with Crippen LogP contribution in [0.5, 0.6) is 5.75 Å². The Bertz CT molecular complexity index is 429. The van der Waals surface area contributed by atoms with Crippen LogP contribution in [-0.2, 0) is 4.79 Å². The van der Waals surface area contributed by atoms with Gasteiger partial charge in [-0.1, -0.05) is 0 Å². The number of hydrogen-bond acceptors (Lipinski definition) is 3. The summed E-state index contributed by atoms with van der Waals surface area (Å²) in [4.78, 5) is 21.8. The van der Waals surface area contributed by atoms with Crippen LogP contribution in [0, 0.1) is 5.82 Å². The molecule has 0 saturated carbocycles. The Morgan fingerprint density at radius 2 is 2.06 bits per heavy atom. The number of carboxylic acid groups (broad SMARTS) is 1. The molecule has 0 aliphatic heterocycles. The second-order valence-corrected chi connectivity index (χ2v) is 3.40. The van der Waals surface area contributed by atoms with Crippen molar-refractivity contribution in [2.24, 2.45) is 0 Å². The Hall–Kier alpha value is -1.91. The van der Waals surface area contributed by atoms with Gasteiger partial charge in [-0.2, -0.15) is 0 Å². The Kier molecular flexibility index (Phi) is 4.63. The Labute approximate surface area is 98.0 Å². The molecule has 0 aliphatic rings. The smallest absolute Gasteiger partial charge is 0.303 e. The van der Waals surface area contributed by atoms with Gasteiger partial charge >= 0.3 is 5.97 Å². The van der Waals surface area contributed by atoms with E-state index in [1.54, 1.807) is 6.92 Å². The highest BCUT2D eigenvalue weighted by Crippen LogP contribution is 2.19. The molecule has 0 saturated heterocycles. The van der Waals surface area contributed by atoms with Gasteiger partial charge in [-0.3, -0.25) is 9.59 Å². The number of aliphatic carboxylic acids is 1. The molecular formula is C12H13FO4. The van der Waals surface area contributed by atoms with E-state index in [-0.39, 0.29) is 24.2 Å². The lowest BCUT2D eigenvalue weighted by Crippen LogP contribution is -2.05. The summed E-state index contributed by atoms with van der Waals surface area (Å²) in [6, 6.07) is 3.86. The van der Waals surface area contributed by atoms with Crippen LogP contribution in [0.15, 0.2) is 18.2 Å². The zero-order valence-electron chi connectivity index (χ0n) is 9.40. The van der Waals surface area contributed by atoms with E-state index in [2.05, 4.69) is 0 Å². The molecule has 92 valence electrons. The highest BCUT2D eigenvalue weighted by molar-refractivity contribution is 5.97. The number of benzene rings is 1. The van der Waals surface area contributed by atoms with E-state index < -0.39 is 17.6 Å². The lowest BCUT2D eigenvalue weighted by Gasteiger charge is -2.05. The SMILES string of the molecule is CCOc1ccc(C(=O)CCC(=O)O)cc1F. The molecule has 1 aromatic rings. The van der Waals surface area contributed by atoms with Crippen LogP contribution in [-0.4, -0.2) is 23.5 Å². The summed E-state index contributed by atoms with van der Waals surface area (Å²) in [5, 5.41) is 8.43. The number of halogens is 1. The van der Waals surface area contributed by atoms with Crippen LogP contribution in [0.3, 0.4) is 0 Å². The van der Waals surface area contributed by atoms with Gasteiger partial charge in [-0.15, -0.1) is 0 Å². The van der Waals surface area contributed by atoms with Crippen molar-refractivity contribution >= 4 is 11.8 Å². The largest absolute Gasteiger partial charge is 0.491 e. The molecule has 0 amide bonds. The van der Waals surface area contributed by atoms with Crippen LogP contribution in [0.1, 0.15) is 30.1 Å². The third kappa shape index (κ3) is 3.86. The number of ether oxygens (including phenoxy) is 1. The minimum atomic E-state index is -1.05. The molecule has 0 bridgehead atoms. The van der Waals surface area contributed by atoms with Crippen molar-refractivity contribution in [2.75, 3.05) is 6.61 Å². The van der Waals surface area contributed by atoms with Gasteiger partial charge in [-0.05, 0) is 25.1 Å². The van der Waals surface area contributed by atoms with Crippen molar-refractivity contribution in [3.05, 3.63) is 29.6 Å². The molecule has 0 heterocycles. The predicted octanol–water partition coefficient (Wildman–Crippen LogP) is 2.27. The molecule has 0 unspecified atom stereocenters. The van der Waals surface area contributed by atoms with Gasteiger partial charge in [0.2, 0.25) is 0 Å². The van der Waals surface area contributed by atoms with E-state index in [0.29, 0.717) is 6.61 Å². The van der Waals surface area contributed by atoms with Crippen LogP contribution in [0.25, 0.3) is 0 Å². The average Bonchev–Trinajstić information content (AvgIpc) is 2.28. The van der Waals surface area contributed by atoms with E-state index >= 15 is 0 Å².